The van der Waals surface area contributed by atoms with E-state index < -0.39 is 42.7 Å². The van der Waals surface area contributed by atoms with Crippen LogP contribution in [0.25, 0.3) is 6.08 Å². The van der Waals surface area contributed by atoms with Crippen molar-refractivity contribution in [1.82, 2.24) is 5.32 Å². The molecule has 2 unspecified atom stereocenters. The van der Waals surface area contributed by atoms with Crippen LogP contribution in [0.15, 0.2) is 71.9 Å². The number of fused-ring (bicyclic) bond motifs is 1. The summed E-state index contributed by atoms with van der Waals surface area (Å²) in [6.45, 7) is -1.54. The highest BCUT2D eigenvalue weighted by Crippen LogP contribution is 2.50. The largest absolute Gasteiger partial charge is 0.435 e. The Hall–Kier alpha value is -3.50. The van der Waals surface area contributed by atoms with Crippen LogP contribution in [0.4, 0.5) is 26.3 Å². The van der Waals surface area contributed by atoms with Crippen molar-refractivity contribution in [2.24, 2.45) is 5.16 Å². The Balaban J connectivity index is 1.55. The second-order valence-corrected chi connectivity index (χ2v) is 10.2. The lowest BCUT2D eigenvalue weighted by Crippen LogP contribution is -2.42. The Labute approximate surface area is 234 Å². The van der Waals surface area contributed by atoms with Crippen LogP contribution in [0.3, 0.4) is 0 Å². The SMILES string of the molecule is O=C(NCC(F)(F)F)c1ccc(C2=NOC(c3cc(Cl)cc(Cl)c3)(C(F)(F)F)C2)cc1C1C=Cc2ccccc21. The molecule has 40 heavy (non-hydrogen) atoms. The molecule has 1 heterocycles. The zero-order chi connectivity index (χ0) is 28.9. The second-order valence-electron chi connectivity index (χ2n) is 9.35. The number of allylic oxidation sites excluding steroid dienone is 1. The lowest BCUT2D eigenvalue weighted by molar-refractivity contribution is -0.275. The molecular weight excluding hydrogens is 581 g/mol. The third-order valence-electron chi connectivity index (χ3n) is 6.73. The van der Waals surface area contributed by atoms with Gasteiger partial charge < -0.3 is 10.2 Å². The molecule has 3 aromatic carbocycles. The fourth-order valence-electron chi connectivity index (χ4n) is 4.85. The minimum Gasteiger partial charge on any atom is -0.374 e. The molecule has 1 amide bonds. The van der Waals surface area contributed by atoms with E-state index in [9.17, 15) is 31.1 Å². The second kappa shape index (κ2) is 10.2. The van der Waals surface area contributed by atoms with E-state index in [1.807, 2.05) is 17.4 Å². The van der Waals surface area contributed by atoms with E-state index in [0.29, 0.717) is 5.56 Å². The first kappa shape index (κ1) is 28.0. The van der Waals surface area contributed by atoms with Crippen LogP contribution in [-0.2, 0) is 10.4 Å². The summed E-state index contributed by atoms with van der Waals surface area (Å²) in [6.07, 6.45) is -6.71. The summed E-state index contributed by atoms with van der Waals surface area (Å²) < 4.78 is 81.8. The number of carbonyl (C=O) groups excluding carboxylic acids is 1. The maximum Gasteiger partial charge on any atom is 0.435 e. The summed E-state index contributed by atoms with van der Waals surface area (Å²) in [6, 6.07) is 14.8. The Morgan fingerprint density at radius 1 is 0.975 bits per heavy atom. The number of benzene rings is 3. The van der Waals surface area contributed by atoms with Gasteiger partial charge in [-0.3, -0.25) is 4.79 Å². The molecule has 1 aliphatic heterocycles. The van der Waals surface area contributed by atoms with Crippen LogP contribution in [-0.4, -0.2) is 30.5 Å². The monoisotopic (exact) mass is 598 g/mol. The normalized spacial score (nSPS) is 20.2. The average Bonchev–Trinajstić information content (AvgIpc) is 3.52. The standard InChI is InChI=1S/C28H18Cl2F6N2O2/c29-18-10-17(11-19(30)12-18)26(28(34,35)36)13-24(38-40-26)16-6-8-22(25(39)37-14-27(31,32)33)23(9-16)21-7-5-15-3-1-2-4-20(15)21/h1-12,21H,13-14H2,(H,37,39). The molecular formula is C28H18Cl2F6N2O2. The van der Waals surface area contributed by atoms with Crippen LogP contribution in [0.5, 0.6) is 0 Å². The van der Waals surface area contributed by atoms with Crippen molar-refractivity contribution in [3.05, 3.63) is 110 Å². The van der Waals surface area contributed by atoms with Gasteiger partial charge in [0.05, 0.1) is 5.71 Å². The van der Waals surface area contributed by atoms with Crippen LogP contribution in [0.1, 0.15) is 50.5 Å². The highest BCUT2D eigenvalue weighted by molar-refractivity contribution is 6.34. The van der Waals surface area contributed by atoms with Crippen molar-refractivity contribution >= 4 is 40.9 Å². The molecule has 1 N–H and O–H groups in total. The van der Waals surface area contributed by atoms with E-state index >= 15 is 0 Å². The third-order valence-corrected chi connectivity index (χ3v) is 7.16. The topological polar surface area (TPSA) is 50.7 Å². The summed E-state index contributed by atoms with van der Waals surface area (Å²) in [4.78, 5) is 17.9. The minimum atomic E-state index is -4.92. The molecule has 4 nitrogen and oxygen atoms in total. The highest BCUT2D eigenvalue weighted by atomic mass is 35.5. The fraction of sp³-hybridized carbons (Fsp3) is 0.214. The van der Waals surface area contributed by atoms with Gasteiger partial charge in [0, 0.05) is 33.5 Å². The summed E-state index contributed by atoms with van der Waals surface area (Å²) in [5.74, 6) is -1.51. The Morgan fingerprint density at radius 3 is 2.35 bits per heavy atom. The molecule has 0 fully saturated rings. The number of hydrogen-bond acceptors (Lipinski definition) is 3. The maximum absolute atomic E-state index is 14.5. The number of alkyl halides is 6. The number of rotatable bonds is 5. The average molecular weight is 599 g/mol. The first-order valence-electron chi connectivity index (χ1n) is 11.8. The van der Waals surface area contributed by atoms with Gasteiger partial charge in [0.25, 0.3) is 11.5 Å². The van der Waals surface area contributed by atoms with Gasteiger partial charge in [0.1, 0.15) is 6.54 Å². The number of oxime groups is 1. The molecule has 12 heteroatoms. The number of amides is 1. The molecule has 5 rings (SSSR count). The Morgan fingerprint density at radius 2 is 1.68 bits per heavy atom. The zero-order valence-electron chi connectivity index (χ0n) is 20.2. The van der Waals surface area contributed by atoms with Crippen molar-refractivity contribution in [3.63, 3.8) is 0 Å². The van der Waals surface area contributed by atoms with Gasteiger partial charge in [-0.2, -0.15) is 26.3 Å². The number of halogens is 8. The Kier molecular flexibility index (Phi) is 7.12. The van der Waals surface area contributed by atoms with Crippen LogP contribution in [0, 0.1) is 0 Å². The van der Waals surface area contributed by atoms with Crippen molar-refractivity contribution in [1.29, 1.82) is 0 Å². The quantitative estimate of drug-likeness (QED) is 0.302. The van der Waals surface area contributed by atoms with Crippen LogP contribution < -0.4 is 5.32 Å². The van der Waals surface area contributed by atoms with Gasteiger partial charge in [-0.1, -0.05) is 70.8 Å². The number of carbonyl (C=O) groups is 1. The van der Waals surface area contributed by atoms with Gasteiger partial charge in [0.2, 0.25) is 0 Å². The van der Waals surface area contributed by atoms with Crippen molar-refractivity contribution in [3.8, 4) is 0 Å². The molecule has 0 bridgehead atoms. The molecule has 0 saturated heterocycles. The molecule has 0 spiro atoms. The highest BCUT2D eigenvalue weighted by Gasteiger charge is 2.62. The van der Waals surface area contributed by atoms with E-state index in [1.54, 1.807) is 24.3 Å². The number of nitrogens with zero attached hydrogens (tertiary/aromatic N) is 1. The summed E-state index contributed by atoms with van der Waals surface area (Å²) in [5, 5.41) is 5.58. The van der Waals surface area contributed by atoms with Crippen molar-refractivity contribution in [2.45, 2.75) is 30.3 Å². The lowest BCUT2D eigenvalue weighted by Gasteiger charge is -2.29. The van der Waals surface area contributed by atoms with Crippen molar-refractivity contribution < 1.29 is 36.0 Å². The predicted molar refractivity (Wildman–Crippen MR) is 139 cm³/mol. The van der Waals surface area contributed by atoms with Gasteiger partial charge in [0.15, 0.2) is 0 Å². The van der Waals surface area contributed by atoms with Gasteiger partial charge in [-0.15, -0.1) is 0 Å². The van der Waals surface area contributed by atoms with Gasteiger partial charge >= 0.3 is 12.4 Å². The summed E-state index contributed by atoms with van der Waals surface area (Å²) >= 11 is 11.9. The summed E-state index contributed by atoms with van der Waals surface area (Å²) in [5.41, 5.74) is -1.21. The van der Waals surface area contributed by atoms with E-state index in [-0.39, 0.29) is 32.4 Å². The van der Waals surface area contributed by atoms with Crippen LogP contribution in [0.2, 0.25) is 10.0 Å². The first-order valence-corrected chi connectivity index (χ1v) is 12.6. The molecule has 3 aromatic rings. The molecule has 2 aliphatic rings. The summed E-state index contributed by atoms with van der Waals surface area (Å²) in [7, 11) is 0. The number of hydrogen-bond donors (Lipinski definition) is 1. The molecule has 208 valence electrons. The van der Waals surface area contributed by atoms with E-state index in [2.05, 4.69) is 5.16 Å². The molecule has 2 atom stereocenters. The Bertz CT molecular complexity index is 1530. The molecule has 0 aromatic heterocycles. The lowest BCUT2D eigenvalue weighted by atomic mass is 9.84. The van der Waals surface area contributed by atoms with Crippen molar-refractivity contribution in [2.75, 3.05) is 6.54 Å². The van der Waals surface area contributed by atoms with E-state index in [1.165, 1.54) is 24.3 Å². The minimum absolute atomic E-state index is 0.0219. The zero-order valence-corrected chi connectivity index (χ0v) is 21.7. The maximum atomic E-state index is 14.5. The third kappa shape index (κ3) is 5.30. The first-order chi connectivity index (χ1) is 18.8. The number of nitrogens with one attached hydrogen (secondary N) is 1. The van der Waals surface area contributed by atoms with E-state index in [4.69, 9.17) is 28.0 Å². The van der Waals surface area contributed by atoms with Gasteiger partial charge in [-0.05, 0) is 52.6 Å². The fourth-order valence-corrected chi connectivity index (χ4v) is 5.37. The predicted octanol–water partition coefficient (Wildman–Crippen LogP) is 8.03. The molecule has 1 aliphatic carbocycles. The van der Waals surface area contributed by atoms with Crippen LogP contribution >= 0.6 is 23.2 Å². The van der Waals surface area contributed by atoms with Gasteiger partial charge in [-0.25, -0.2) is 0 Å². The molecule has 0 radical (unpaired) electrons. The molecule has 0 saturated carbocycles. The smallest absolute Gasteiger partial charge is 0.374 e. The van der Waals surface area contributed by atoms with E-state index in [0.717, 1.165) is 23.3 Å².